The quantitative estimate of drug-likeness (QED) is 0.805. The van der Waals surface area contributed by atoms with Crippen molar-refractivity contribution in [1.82, 2.24) is 9.78 Å². The van der Waals surface area contributed by atoms with Gasteiger partial charge in [0.25, 0.3) is 0 Å². The summed E-state index contributed by atoms with van der Waals surface area (Å²) >= 11 is 0. The minimum Gasteiger partial charge on any atom is -0.384 e. The summed E-state index contributed by atoms with van der Waals surface area (Å²) < 4.78 is 28.0. The highest BCUT2D eigenvalue weighted by Crippen LogP contribution is 2.28. The van der Waals surface area contributed by atoms with Crippen LogP contribution in [0.2, 0.25) is 0 Å². The van der Waals surface area contributed by atoms with Gasteiger partial charge in [0.15, 0.2) is 0 Å². The van der Waals surface area contributed by atoms with Gasteiger partial charge in [-0.05, 0) is 25.1 Å². The maximum absolute atomic E-state index is 13.5. The van der Waals surface area contributed by atoms with Crippen LogP contribution in [0.1, 0.15) is 5.56 Å². The highest BCUT2D eigenvalue weighted by atomic mass is 19.1. The Kier molecular flexibility index (Phi) is 2.38. The lowest BCUT2D eigenvalue weighted by molar-refractivity contribution is 0.602. The van der Waals surface area contributed by atoms with Gasteiger partial charge < -0.3 is 5.73 Å². The molecule has 16 heavy (non-hydrogen) atoms. The topological polar surface area (TPSA) is 43.8 Å². The first-order chi connectivity index (χ1) is 7.50. The van der Waals surface area contributed by atoms with Crippen LogP contribution in [0.3, 0.4) is 0 Å². The van der Waals surface area contributed by atoms with E-state index < -0.39 is 11.6 Å². The number of aryl methyl sites for hydroxylation is 1. The number of anilines is 1. The molecule has 0 aliphatic heterocycles. The lowest BCUT2D eigenvalue weighted by Crippen LogP contribution is -1.97. The number of benzene rings is 1. The van der Waals surface area contributed by atoms with Crippen molar-refractivity contribution in [3.05, 3.63) is 35.4 Å². The molecule has 0 aliphatic carbocycles. The summed E-state index contributed by atoms with van der Waals surface area (Å²) in [5.41, 5.74) is 6.86. The molecule has 0 amide bonds. The molecule has 0 radical (unpaired) electrons. The van der Waals surface area contributed by atoms with Gasteiger partial charge in [-0.15, -0.1) is 0 Å². The van der Waals surface area contributed by atoms with Crippen LogP contribution < -0.4 is 5.73 Å². The summed E-state index contributed by atoms with van der Waals surface area (Å²) in [6.07, 6.45) is 0. The van der Waals surface area contributed by atoms with Crippen molar-refractivity contribution in [3.63, 3.8) is 0 Å². The molecule has 2 rings (SSSR count). The molecule has 0 unspecified atom stereocenters. The summed E-state index contributed by atoms with van der Waals surface area (Å²) in [4.78, 5) is 0. The Morgan fingerprint density at radius 3 is 2.56 bits per heavy atom. The summed E-state index contributed by atoms with van der Waals surface area (Å²) in [6, 6.07) is 3.26. The molecule has 0 atom stereocenters. The Morgan fingerprint density at radius 2 is 2.00 bits per heavy atom. The van der Waals surface area contributed by atoms with Gasteiger partial charge in [-0.1, -0.05) is 0 Å². The van der Waals surface area contributed by atoms with E-state index in [1.807, 2.05) is 0 Å². The van der Waals surface area contributed by atoms with Crippen molar-refractivity contribution in [2.45, 2.75) is 6.92 Å². The predicted molar refractivity (Wildman–Crippen MR) is 57.7 cm³/mol. The van der Waals surface area contributed by atoms with Crippen LogP contribution in [0.4, 0.5) is 14.6 Å². The van der Waals surface area contributed by atoms with E-state index in [4.69, 9.17) is 5.73 Å². The third kappa shape index (κ3) is 1.54. The monoisotopic (exact) mass is 223 g/mol. The molecule has 3 nitrogen and oxygen atoms in total. The van der Waals surface area contributed by atoms with E-state index in [-0.39, 0.29) is 5.56 Å². The lowest BCUT2D eigenvalue weighted by Gasteiger charge is -2.00. The van der Waals surface area contributed by atoms with Crippen molar-refractivity contribution in [3.8, 4) is 11.3 Å². The zero-order chi connectivity index (χ0) is 11.9. The Balaban J connectivity index is 2.67. The molecule has 5 heteroatoms. The zero-order valence-corrected chi connectivity index (χ0v) is 8.96. The summed E-state index contributed by atoms with van der Waals surface area (Å²) in [6.45, 7) is 1.72. The zero-order valence-electron chi connectivity index (χ0n) is 8.96. The molecule has 0 bridgehead atoms. The van der Waals surface area contributed by atoms with Crippen LogP contribution in [0.25, 0.3) is 11.3 Å². The summed E-state index contributed by atoms with van der Waals surface area (Å²) in [5, 5.41) is 4.07. The Labute approximate surface area is 91.5 Å². The van der Waals surface area contributed by atoms with Crippen molar-refractivity contribution in [2.75, 3.05) is 5.73 Å². The molecule has 0 saturated carbocycles. The van der Waals surface area contributed by atoms with E-state index in [1.165, 1.54) is 4.68 Å². The molecule has 1 aromatic heterocycles. The molecule has 2 N–H and O–H groups in total. The van der Waals surface area contributed by atoms with E-state index in [1.54, 1.807) is 14.0 Å². The van der Waals surface area contributed by atoms with Gasteiger partial charge >= 0.3 is 0 Å². The van der Waals surface area contributed by atoms with E-state index >= 15 is 0 Å². The van der Waals surface area contributed by atoms with E-state index in [0.29, 0.717) is 17.1 Å². The molecule has 1 heterocycles. The number of rotatable bonds is 1. The third-order valence-electron chi connectivity index (χ3n) is 2.52. The predicted octanol–water partition coefficient (Wildman–Crippen LogP) is 2.26. The second-order valence-corrected chi connectivity index (χ2v) is 3.61. The van der Waals surface area contributed by atoms with Crippen LogP contribution >= 0.6 is 0 Å². The van der Waals surface area contributed by atoms with E-state index in [2.05, 4.69) is 5.10 Å². The number of nitrogens with zero attached hydrogens (tertiary/aromatic N) is 2. The first-order valence-electron chi connectivity index (χ1n) is 4.75. The van der Waals surface area contributed by atoms with Gasteiger partial charge in [-0.2, -0.15) is 5.10 Å². The van der Waals surface area contributed by atoms with Crippen LogP contribution in [0.5, 0.6) is 0 Å². The van der Waals surface area contributed by atoms with E-state index in [0.717, 1.165) is 18.2 Å². The smallest absolute Gasteiger partial charge is 0.132 e. The average Bonchev–Trinajstić information content (AvgIpc) is 2.50. The molecular formula is C11H11F2N3. The lowest BCUT2D eigenvalue weighted by atomic mass is 10.1. The number of hydrogen-bond acceptors (Lipinski definition) is 2. The maximum atomic E-state index is 13.5. The summed E-state index contributed by atoms with van der Waals surface area (Å²) in [7, 11) is 1.66. The van der Waals surface area contributed by atoms with Crippen molar-refractivity contribution in [2.24, 2.45) is 7.05 Å². The SMILES string of the molecule is Cc1c(-c2cc(F)ccc2F)nn(C)c1N. The van der Waals surface area contributed by atoms with E-state index in [9.17, 15) is 8.78 Å². The largest absolute Gasteiger partial charge is 0.384 e. The average molecular weight is 223 g/mol. The number of nitrogens with two attached hydrogens (primary N) is 1. The highest BCUT2D eigenvalue weighted by Gasteiger charge is 2.15. The van der Waals surface area contributed by atoms with Gasteiger partial charge in [-0.3, -0.25) is 4.68 Å². The molecule has 2 aromatic rings. The Bertz CT molecular complexity index is 546. The molecule has 0 fully saturated rings. The van der Waals surface area contributed by atoms with Crippen molar-refractivity contribution in [1.29, 1.82) is 0 Å². The first-order valence-corrected chi connectivity index (χ1v) is 4.75. The van der Waals surface area contributed by atoms with Crippen molar-refractivity contribution >= 4 is 5.82 Å². The van der Waals surface area contributed by atoms with Crippen LogP contribution in [0, 0.1) is 18.6 Å². The maximum Gasteiger partial charge on any atom is 0.132 e. The van der Waals surface area contributed by atoms with Crippen molar-refractivity contribution < 1.29 is 8.78 Å². The standard InChI is InChI=1S/C11H11F2N3/c1-6-10(15-16(2)11(6)14)8-5-7(12)3-4-9(8)13/h3-5H,14H2,1-2H3. The molecule has 84 valence electrons. The van der Waals surface area contributed by atoms with Crippen LogP contribution in [-0.2, 0) is 7.05 Å². The second kappa shape index (κ2) is 3.59. The van der Waals surface area contributed by atoms with Crippen LogP contribution in [0.15, 0.2) is 18.2 Å². The van der Waals surface area contributed by atoms with Gasteiger partial charge in [0.2, 0.25) is 0 Å². The fourth-order valence-electron chi connectivity index (χ4n) is 1.58. The first kappa shape index (κ1) is 10.6. The van der Waals surface area contributed by atoms with Gasteiger partial charge in [0.1, 0.15) is 23.1 Å². The Hall–Kier alpha value is -1.91. The van der Waals surface area contributed by atoms with Crippen LogP contribution in [-0.4, -0.2) is 9.78 Å². The third-order valence-corrected chi connectivity index (χ3v) is 2.52. The number of aromatic nitrogens is 2. The minimum absolute atomic E-state index is 0.129. The van der Waals surface area contributed by atoms with Gasteiger partial charge in [0.05, 0.1) is 0 Å². The van der Waals surface area contributed by atoms with Gasteiger partial charge in [-0.25, -0.2) is 8.78 Å². The minimum atomic E-state index is -0.511. The number of halogens is 2. The molecule has 0 spiro atoms. The fraction of sp³-hybridized carbons (Fsp3) is 0.182. The Morgan fingerprint density at radius 1 is 1.31 bits per heavy atom. The fourth-order valence-corrected chi connectivity index (χ4v) is 1.58. The molecular weight excluding hydrogens is 212 g/mol. The molecule has 0 aliphatic rings. The highest BCUT2D eigenvalue weighted by molar-refractivity contribution is 5.68. The number of nitrogen functional groups attached to an aromatic ring is 1. The molecule has 1 aromatic carbocycles. The second-order valence-electron chi connectivity index (χ2n) is 3.61. The summed E-state index contributed by atoms with van der Waals surface area (Å²) in [5.74, 6) is -0.568. The molecule has 0 saturated heterocycles. The normalized spacial score (nSPS) is 10.8. The van der Waals surface area contributed by atoms with Gasteiger partial charge in [0, 0.05) is 18.2 Å². The number of hydrogen-bond donors (Lipinski definition) is 1.